The number of hydrogen-bond acceptors (Lipinski definition) is 4. The van der Waals surface area contributed by atoms with Crippen LogP contribution in [0.5, 0.6) is 0 Å². The van der Waals surface area contributed by atoms with Crippen LogP contribution in [0.4, 0.5) is 5.95 Å². The first-order chi connectivity index (χ1) is 11.9. The van der Waals surface area contributed by atoms with Gasteiger partial charge < -0.3 is 5.32 Å². The van der Waals surface area contributed by atoms with Crippen molar-refractivity contribution in [2.24, 2.45) is 14.1 Å². The van der Waals surface area contributed by atoms with Crippen molar-refractivity contribution in [2.45, 2.75) is 19.9 Å². The first kappa shape index (κ1) is 17.3. The molecule has 0 radical (unpaired) electrons. The zero-order chi connectivity index (χ0) is 18.1. The lowest BCUT2D eigenvalue weighted by molar-refractivity contribution is 0.702. The minimum Gasteiger partial charge on any atom is -0.356 e. The van der Waals surface area contributed by atoms with Gasteiger partial charge >= 0.3 is 5.69 Å². The van der Waals surface area contributed by atoms with Crippen molar-refractivity contribution < 1.29 is 0 Å². The number of nitrogens with one attached hydrogen (secondary N) is 1. The minimum absolute atomic E-state index is 0.357. The molecule has 2 heterocycles. The topological polar surface area (TPSA) is 73.8 Å². The predicted octanol–water partition coefficient (Wildman–Crippen LogP) is 1.96. The Morgan fingerprint density at radius 3 is 2.44 bits per heavy atom. The highest BCUT2D eigenvalue weighted by Crippen LogP contribution is 2.19. The van der Waals surface area contributed by atoms with Gasteiger partial charge in [-0.1, -0.05) is 30.7 Å². The molecule has 7 nitrogen and oxygen atoms in total. The maximum atomic E-state index is 12.7. The fourth-order valence-corrected chi connectivity index (χ4v) is 2.87. The molecule has 0 aliphatic rings. The first-order valence-corrected chi connectivity index (χ1v) is 8.46. The summed E-state index contributed by atoms with van der Waals surface area (Å²) >= 11 is 5.95. The SMILES string of the molecule is CCCNc1nc2c(c(=O)n(C)c(=O)n2C)n1Cc1ccc(Cl)cc1. The number of nitrogens with zero attached hydrogens (tertiary/aromatic N) is 4. The Balaban J connectivity index is 2.24. The van der Waals surface area contributed by atoms with Crippen molar-refractivity contribution >= 4 is 28.7 Å². The highest BCUT2D eigenvalue weighted by atomic mass is 35.5. The van der Waals surface area contributed by atoms with E-state index in [0.29, 0.717) is 28.7 Å². The third kappa shape index (κ3) is 3.07. The summed E-state index contributed by atoms with van der Waals surface area (Å²) in [5.74, 6) is 0.574. The van der Waals surface area contributed by atoms with Crippen LogP contribution in [0.2, 0.25) is 5.02 Å². The quantitative estimate of drug-likeness (QED) is 0.754. The molecule has 2 aromatic heterocycles. The lowest BCUT2D eigenvalue weighted by Crippen LogP contribution is -2.37. The highest BCUT2D eigenvalue weighted by Gasteiger charge is 2.19. The number of halogens is 1. The molecule has 0 aliphatic heterocycles. The van der Waals surface area contributed by atoms with Crippen molar-refractivity contribution in [3.8, 4) is 0 Å². The number of aromatic nitrogens is 4. The van der Waals surface area contributed by atoms with Crippen molar-refractivity contribution in [3.63, 3.8) is 0 Å². The molecule has 132 valence electrons. The molecule has 25 heavy (non-hydrogen) atoms. The second-order valence-electron chi connectivity index (χ2n) is 5.95. The van der Waals surface area contributed by atoms with Crippen molar-refractivity contribution in [2.75, 3.05) is 11.9 Å². The summed E-state index contributed by atoms with van der Waals surface area (Å²) in [5.41, 5.74) is 1.01. The van der Waals surface area contributed by atoms with Crippen LogP contribution >= 0.6 is 11.6 Å². The smallest absolute Gasteiger partial charge is 0.332 e. The molecule has 8 heteroatoms. The molecule has 0 saturated heterocycles. The van der Waals surface area contributed by atoms with Crippen LogP contribution in [-0.4, -0.2) is 25.2 Å². The molecule has 1 aromatic carbocycles. The van der Waals surface area contributed by atoms with Crippen LogP contribution in [0.15, 0.2) is 33.9 Å². The van der Waals surface area contributed by atoms with Crippen LogP contribution in [0.1, 0.15) is 18.9 Å². The van der Waals surface area contributed by atoms with Gasteiger partial charge in [0.1, 0.15) is 0 Å². The molecule has 0 spiro atoms. The van der Waals surface area contributed by atoms with Gasteiger partial charge in [-0.05, 0) is 24.1 Å². The van der Waals surface area contributed by atoms with Crippen LogP contribution < -0.4 is 16.6 Å². The number of aryl methyl sites for hydroxylation is 1. The van der Waals surface area contributed by atoms with E-state index >= 15 is 0 Å². The van der Waals surface area contributed by atoms with E-state index < -0.39 is 5.69 Å². The summed E-state index contributed by atoms with van der Waals surface area (Å²) in [6, 6.07) is 7.43. The van der Waals surface area contributed by atoms with E-state index in [-0.39, 0.29) is 5.56 Å². The summed E-state index contributed by atoms with van der Waals surface area (Å²) in [4.78, 5) is 29.4. The van der Waals surface area contributed by atoms with Gasteiger partial charge in [-0.2, -0.15) is 4.98 Å². The molecule has 0 aliphatic carbocycles. The van der Waals surface area contributed by atoms with E-state index in [1.807, 2.05) is 35.8 Å². The van der Waals surface area contributed by atoms with Crippen LogP contribution in [-0.2, 0) is 20.6 Å². The summed E-state index contributed by atoms with van der Waals surface area (Å²) in [7, 11) is 3.09. The van der Waals surface area contributed by atoms with Crippen LogP contribution in [0, 0.1) is 0 Å². The molecular formula is C17H20ClN5O2. The predicted molar refractivity (Wildman–Crippen MR) is 99.5 cm³/mol. The average molecular weight is 362 g/mol. The maximum absolute atomic E-state index is 12.7. The molecule has 1 N–H and O–H groups in total. The van der Waals surface area contributed by atoms with Crippen LogP contribution in [0.25, 0.3) is 11.2 Å². The largest absolute Gasteiger partial charge is 0.356 e. The average Bonchev–Trinajstić information content (AvgIpc) is 2.96. The van der Waals surface area contributed by atoms with Gasteiger partial charge in [-0.3, -0.25) is 18.5 Å². The second kappa shape index (κ2) is 6.76. The number of hydrogen-bond donors (Lipinski definition) is 1. The zero-order valence-electron chi connectivity index (χ0n) is 14.4. The summed E-state index contributed by atoms with van der Waals surface area (Å²) in [6.45, 7) is 3.22. The molecular weight excluding hydrogens is 342 g/mol. The Morgan fingerprint density at radius 2 is 1.80 bits per heavy atom. The molecule has 3 aromatic rings. The number of benzene rings is 1. The van der Waals surface area contributed by atoms with Gasteiger partial charge in [-0.15, -0.1) is 0 Å². The standard InChI is InChI=1S/C17H20ClN5O2/c1-4-9-19-16-20-14-13(15(24)22(3)17(25)21(14)2)23(16)10-11-5-7-12(18)8-6-11/h5-8H,4,9-10H2,1-3H3,(H,19,20). The fraction of sp³-hybridized carbons (Fsp3) is 0.353. The molecule has 0 amide bonds. The lowest BCUT2D eigenvalue weighted by Gasteiger charge is -2.10. The molecule has 0 atom stereocenters. The second-order valence-corrected chi connectivity index (χ2v) is 6.39. The van der Waals surface area contributed by atoms with Crippen molar-refractivity contribution in [1.82, 2.24) is 18.7 Å². The molecule has 3 rings (SSSR count). The van der Waals surface area contributed by atoms with Gasteiger partial charge in [0.25, 0.3) is 5.56 Å². The van der Waals surface area contributed by atoms with Gasteiger partial charge in [0.05, 0.1) is 6.54 Å². The number of imidazole rings is 1. The van der Waals surface area contributed by atoms with E-state index in [1.165, 1.54) is 11.6 Å². The molecule has 0 saturated carbocycles. The lowest BCUT2D eigenvalue weighted by atomic mass is 10.2. The normalized spacial score (nSPS) is 11.2. The van der Waals surface area contributed by atoms with Gasteiger partial charge in [0, 0.05) is 25.7 Å². The number of anilines is 1. The van der Waals surface area contributed by atoms with Gasteiger partial charge in [0.15, 0.2) is 11.2 Å². The summed E-state index contributed by atoms with van der Waals surface area (Å²) < 4.78 is 4.31. The summed E-state index contributed by atoms with van der Waals surface area (Å²) in [5, 5.41) is 3.89. The van der Waals surface area contributed by atoms with E-state index in [0.717, 1.165) is 23.1 Å². The van der Waals surface area contributed by atoms with E-state index in [9.17, 15) is 9.59 Å². The Hall–Kier alpha value is -2.54. The minimum atomic E-state index is -0.393. The summed E-state index contributed by atoms with van der Waals surface area (Å²) in [6.07, 6.45) is 0.918. The first-order valence-electron chi connectivity index (χ1n) is 8.08. The number of fused-ring (bicyclic) bond motifs is 1. The van der Waals surface area contributed by atoms with E-state index in [1.54, 1.807) is 7.05 Å². The van der Waals surface area contributed by atoms with Gasteiger partial charge in [0.2, 0.25) is 5.95 Å². The highest BCUT2D eigenvalue weighted by molar-refractivity contribution is 6.30. The Labute approximate surface area is 149 Å². The molecule has 0 fully saturated rings. The maximum Gasteiger partial charge on any atom is 0.332 e. The Morgan fingerprint density at radius 1 is 1.12 bits per heavy atom. The fourth-order valence-electron chi connectivity index (χ4n) is 2.74. The van der Waals surface area contributed by atoms with Crippen molar-refractivity contribution in [3.05, 3.63) is 55.7 Å². The van der Waals surface area contributed by atoms with Crippen LogP contribution in [0.3, 0.4) is 0 Å². The third-order valence-corrected chi connectivity index (χ3v) is 4.39. The Bertz CT molecular complexity index is 1030. The zero-order valence-corrected chi connectivity index (χ0v) is 15.2. The molecule has 0 bridgehead atoms. The monoisotopic (exact) mass is 361 g/mol. The Kier molecular flexibility index (Phi) is 4.67. The van der Waals surface area contributed by atoms with Gasteiger partial charge in [-0.25, -0.2) is 4.79 Å². The van der Waals surface area contributed by atoms with E-state index in [4.69, 9.17) is 11.6 Å². The number of rotatable bonds is 5. The third-order valence-electron chi connectivity index (χ3n) is 4.14. The van der Waals surface area contributed by atoms with Crippen molar-refractivity contribution in [1.29, 1.82) is 0 Å². The molecule has 0 unspecified atom stereocenters. The van der Waals surface area contributed by atoms with E-state index in [2.05, 4.69) is 10.3 Å².